The van der Waals surface area contributed by atoms with Gasteiger partial charge in [0, 0.05) is 12.8 Å². The van der Waals surface area contributed by atoms with Crippen molar-refractivity contribution in [3.05, 3.63) is 24.3 Å². The van der Waals surface area contributed by atoms with Crippen LogP contribution in [0.1, 0.15) is 251 Å². The summed E-state index contributed by atoms with van der Waals surface area (Å²) in [7, 11) is -5.12. The van der Waals surface area contributed by atoms with Gasteiger partial charge in [-0.25, -0.2) is 4.57 Å². The number of rotatable bonds is 47. The molecule has 0 aromatic rings. The van der Waals surface area contributed by atoms with Gasteiger partial charge in [0.25, 0.3) is 0 Å². The highest BCUT2D eigenvalue weighted by atomic mass is 31.2. The van der Waals surface area contributed by atoms with E-state index in [0.29, 0.717) is 12.8 Å². The molecule has 400 valence electrons. The van der Waals surface area contributed by atoms with E-state index in [1.54, 1.807) is 0 Å². The fourth-order valence-corrected chi connectivity index (χ4v) is 9.59. The van der Waals surface area contributed by atoms with Gasteiger partial charge in [0.1, 0.15) is 43.2 Å². The molecule has 0 amide bonds. The van der Waals surface area contributed by atoms with Crippen LogP contribution < -0.4 is 0 Å². The topological polar surface area (TPSA) is 210 Å². The predicted octanol–water partition coefficient (Wildman–Crippen LogP) is 12.3. The number of phosphoric acid groups is 1. The van der Waals surface area contributed by atoms with Crippen LogP contribution in [0.25, 0.3) is 0 Å². The monoisotopic (exact) mass is 989 g/mol. The highest BCUT2D eigenvalue weighted by molar-refractivity contribution is 7.47. The molecule has 0 heterocycles. The fourth-order valence-electron chi connectivity index (χ4n) is 8.61. The number of esters is 2. The van der Waals surface area contributed by atoms with Gasteiger partial charge in [-0.3, -0.25) is 18.6 Å². The highest BCUT2D eigenvalue weighted by Crippen LogP contribution is 2.47. The number of allylic oxidation sites excluding steroid dienone is 4. The van der Waals surface area contributed by atoms with E-state index in [-0.39, 0.29) is 12.8 Å². The molecule has 68 heavy (non-hydrogen) atoms. The minimum Gasteiger partial charge on any atom is -0.462 e. The molecule has 0 aliphatic heterocycles. The van der Waals surface area contributed by atoms with Gasteiger partial charge in [-0.05, 0) is 44.9 Å². The summed E-state index contributed by atoms with van der Waals surface area (Å²) in [5.74, 6) is -1.09. The van der Waals surface area contributed by atoms with Crippen LogP contribution in [0.3, 0.4) is 0 Å². The van der Waals surface area contributed by atoms with E-state index in [2.05, 4.69) is 38.2 Å². The van der Waals surface area contributed by atoms with Crippen molar-refractivity contribution >= 4 is 19.8 Å². The van der Waals surface area contributed by atoms with Crippen molar-refractivity contribution in [1.29, 1.82) is 0 Å². The number of aliphatic hydroxyl groups is 5. The summed E-state index contributed by atoms with van der Waals surface area (Å²) >= 11 is 0. The largest absolute Gasteiger partial charge is 0.472 e. The number of hydrogen-bond donors (Lipinski definition) is 6. The first kappa shape index (κ1) is 64.3. The van der Waals surface area contributed by atoms with Crippen LogP contribution >= 0.6 is 7.82 Å². The zero-order valence-electron chi connectivity index (χ0n) is 42.9. The number of carbonyl (C=O) groups is 2. The second-order valence-electron chi connectivity index (χ2n) is 19.4. The number of unbranched alkanes of at least 4 members (excludes halogenated alkanes) is 31. The normalized spacial score (nSPS) is 21.1. The molecule has 0 saturated heterocycles. The second kappa shape index (κ2) is 44.1. The lowest BCUT2D eigenvalue weighted by Crippen LogP contribution is -2.64. The van der Waals surface area contributed by atoms with Gasteiger partial charge in [-0.15, -0.1) is 0 Å². The summed E-state index contributed by atoms with van der Waals surface area (Å²) in [5.41, 5.74) is 0. The molecule has 6 N–H and O–H groups in total. The van der Waals surface area contributed by atoms with Gasteiger partial charge in [0.2, 0.25) is 0 Å². The van der Waals surface area contributed by atoms with Gasteiger partial charge in [-0.2, -0.15) is 0 Å². The lowest BCUT2D eigenvalue weighted by molar-refractivity contribution is -0.220. The lowest BCUT2D eigenvalue weighted by atomic mass is 9.85. The number of aliphatic hydroxyl groups excluding tert-OH is 5. The quantitative estimate of drug-likeness (QED) is 0.0145. The third-order valence-electron chi connectivity index (χ3n) is 13.0. The standard InChI is InChI=1S/C54H101O13P/c1-3-5-7-9-11-13-15-17-19-21-23-24-25-27-28-30-32-34-36-38-40-42-47(55)64-44-46(45-65-68(62,63)67-54-52(60)50(58)49(57)51(59)53(54)61)66-48(56)43-41-39-37-35-33-31-29-26-22-20-18-16-14-12-10-8-6-4-2/h14,16,20,22,46,49-54,57-61H,3-13,15,17-19,21,23-45H2,1-2H3,(H,62,63)/b16-14-,22-20-. The van der Waals surface area contributed by atoms with Gasteiger partial charge in [0.15, 0.2) is 6.10 Å². The SMILES string of the molecule is CCCCCC/C=C\C/C=C\CCCCCCCCCC(=O)OC(COC(=O)CCCCCCCCCCCCCCCCCCCCCCC)COP(=O)(O)OC1C(O)C(O)C(O)C(O)C1O. The van der Waals surface area contributed by atoms with Crippen LogP contribution in [0.15, 0.2) is 24.3 Å². The first-order valence-electron chi connectivity index (χ1n) is 27.6. The maximum Gasteiger partial charge on any atom is 0.472 e. The molecule has 1 saturated carbocycles. The summed E-state index contributed by atoms with van der Waals surface area (Å²) in [6.45, 7) is 3.33. The van der Waals surface area contributed by atoms with Crippen molar-refractivity contribution in [1.82, 2.24) is 0 Å². The van der Waals surface area contributed by atoms with E-state index in [4.69, 9.17) is 18.5 Å². The van der Waals surface area contributed by atoms with Crippen LogP contribution in [0.4, 0.5) is 0 Å². The van der Waals surface area contributed by atoms with E-state index in [1.807, 2.05) is 0 Å². The molecule has 6 atom stereocenters. The Morgan fingerprint density at radius 3 is 1.21 bits per heavy atom. The molecule has 0 bridgehead atoms. The fraction of sp³-hybridized carbons (Fsp3) is 0.889. The number of hydrogen-bond acceptors (Lipinski definition) is 12. The molecule has 0 spiro atoms. The van der Waals surface area contributed by atoms with Crippen molar-refractivity contribution in [2.45, 2.75) is 294 Å². The van der Waals surface area contributed by atoms with Gasteiger partial charge in [0.05, 0.1) is 6.61 Å². The second-order valence-corrected chi connectivity index (χ2v) is 20.9. The lowest BCUT2D eigenvalue weighted by Gasteiger charge is -2.41. The molecule has 6 unspecified atom stereocenters. The predicted molar refractivity (Wildman–Crippen MR) is 272 cm³/mol. The minimum absolute atomic E-state index is 0.0910. The zero-order chi connectivity index (χ0) is 49.9. The zero-order valence-corrected chi connectivity index (χ0v) is 43.8. The Kier molecular flexibility index (Phi) is 41.7. The third-order valence-corrected chi connectivity index (χ3v) is 14.0. The Balaban J connectivity index is 2.35. The van der Waals surface area contributed by atoms with E-state index >= 15 is 0 Å². The Morgan fingerprint density at radius 2 is 0.794 bits per heavy atom. The van der Waals surface area contributed by atoms with Crippen LogP contribution in [0, 0.1) is 0 Å². The van der Waals surface area contributed by atoms with Crippen molar-refractivity contribution in [2.75, 3.05) is 13.2 Å². The van der Waals surface area contributed by atoms with Gasteiger partial charge in [-0.1, -0.05) is 218 Å². The van der Waals surface area contributed by atoms with E-state index in [1.165, 1.54) is 141 Å². The number of ether oxygens (including phenoxy) is 2. The van der Waals surface area contributed by atoms with Crippen molar-refractivity contribution < 1.29 is 63.1 Å². The Morgan fingerprint density at radius 1 is 0.456 bits per heavy atom. The van der Waals surface area contributed by atoms with Gasteiger partial charge < -0.3 is 39.9 Å². The minimum atomic E-state index is -5.12. The average Bonchev–Trinajstić information content (AvgIpc) is 3.32. The van der Waals surface area contributed by atoms with E-state index in [9.17, 15) is 44.6 Å². The maximum absolute atomic E-state index is 12.9. The Hall–Kier alpha value is -1.67. The smallest absolute Gasteiger partial charge is 0.462 e. The molecule has 0 aromatic carbocycles. The summed E-state index contributed by atoms with van der Waals surface area (Å²) in [4.78, 5) is 35.9. The average molecular weight is 989 g/mol. The Bertz CT molecular complexity index is 1280. The molecule has 14 heteroatoms. The summed E-state index contributed by atoms with van der Waals surface area (Å²) in [6, 6.07) is 0. The number of phosphoric ester groups is 1. The van der Waals surface area contributed by atoms with Crippen LogP contribution in [-0.2, 0) is 32.7 Å². The molecule has 1 aliphatic rings. The highest BCUT2D eigenvalue weighted by Gasteiger charge is 2.51. The van der Waals surface area contributed by atoms with Crippen molar-refractivity contribution in [2.24, 2.45) is 0 Å². The molecule has 0 radical (unpaired) electrons. The molecule has 0 aromatic heterocycles. The van der Waals surface area contributed by atoms with Crippen molar-refractivity contribution in [3.63, 3.8) is 0 Å². The Labute approximate surface area is 413 Å². The first-order valence-corrected chi connectivity index (χ1v) is 29.1. The molecule has 1 rings (SSSR count). The van der Waals surface area contributed by atoms with Crippen LogP contribution in [0.2, 0.25) is 0 Å². The summed E-state index contributed by atoms with van der Waals surface area (Å²) in [5, 5.41) is 50.3. The molecular weight excluding hydrogens is 888 g/mol. The van der Waals surface area contributed by atoms with E-state index in [0.717, 1.165) is 70.6 Å². The molecule has 1 fully saturated rings. The van der Waals surface area contributed by atoms with Gasteiger partial charge >= 0.3 is 19.8 Å². The molecule has 13 nitrogen and oxygen atoms in total. The summed E-state index contributed by atoms with van der Waals surface area (Å²) < 4.78 is 33.7. The van der Waals surface area contributed by atoms with Crippen LogP contribution in [0.5, 0.6) is 0 Å². The number of carbonyl (C=O) groups excluding carboxylic acids is 2. The molecular formula is C54H101O13P. The van der Waals surface area contributed by atoms with Crippen LogP contribution in [-0.4, -0.2) is 98.3 Å². The first-order chi connectivity index (χ1) is 32.9. The van der Waals surface area contributed by atoms with Crippen molar-refractivity contribution in [3.8, 4) is 0 Å². The maximum atomic E-state index is 12.9. The van der Waals surface area contributed by atoms with E-state index < -0.39 is 75.7 Å². The summed E-state index contributed by atoms with van der Waals surface area (Å²) in [6.07, 6.45) is 37.9. The third kappa shape index (κ3) is 35.4. The molecule has 1 aliphatic carbocycles.